The van der Waals surface area contributed by atoms with E-state index in [1.807, 2.05) is 38.1 Å². The second kappa shape index (κ2) is 14.9. The Balaban J connectivity index is 1.67. The molecule has 0 radical (unpaired) electrons. The van der Waals surface area contributed by atoms with Crippen molar-refractivity contribution in [1.82, 2.24) is 15.0 Å². The van der Waals surface area contributed by atoms with E-state index < -0.39 is 19.9 Å². The van der Waals surface area contributed by atoms with Gasteiger partial charge in [-0.05, 0) is 85.0 Å². The average molecular weight is 674 g/mol. The van der Waals surface area contributed by atoms with E-state index in [0.717, 1.165) is 35.2 Å². The Morgan fingerprint density at radius 1 is 0.833 bits per heavy atom. The smallest absolute Gasteiger partial charge is 0.338 e. The van der Waals surface area contributed by atoms with Crippen molar-refractivity contribution >= 4 is 25.6 Å². The number of phenols is 1. The number of carbonyl (C=O) groups is 1. The zero-order chi connectivity index (χ0) is 35.3. The van der Waals surface area contributed by atoms with Gasteiger partial charge in [0.15, 0.2) is 0 Å². The molecule has 1 aromatic heterocycles. The van der Waals surface area contributed by atoms with E-state index in [1.165, 1.54) is 4.80 Å². The van der Waals surface area contributed by atoms with E-state index in [1.54, 1.807) is 18.2 Å². The Morgan fingerprint density at radius 3 is 2.08 bits per heavy atom. The highest BCUT2D eigenvalue weighted by Crippen LogP contribution is 2.44. The Labute approximate surface area is 288 Å². The molecule has 0 saturated heterocycles. The molecule has 0 spiro atoms. The second-order valence-electron chi connectivity index (χ2n) is 15.1. The number of nitrogens with zero attached hydrogens (tertiary/aromatic N) is 3. The number of hydrogen-bond acceptors (Lipinski definition) is 7. The number of carbonyl (C=O) groups excluding carboxylic acids is 1. The second-order valence-corrected chi connectivity index (χ2v) is 18.7. The molecule has 4 aromatic rings. The van der Waals surface area contributed by atoms with E-state index >= 15 is 0 Å². The number of aromatic nitrogens is 3. The van der Waals surface area contributed by atoms with Gasteiger partial charge in [-0.3, -0.25) is 0 Å². The summed E-state index contributed by atoms with van der Waals surface area (Å²) in [6, 6.07) is 21.2. The van der Waals surface area contributed by atoms with Crippen molar-refractivity contribution in [2.24, 2.45) is 5.41 Å². The Morgan fingerprint density at radius 2 is 1.48 bits per heavy atom. The Hall–Kier alpha value is -3.53. The molecule has 0 fully saturated rings. The fraction of sp³-hybridized carbons (Fsp3) is 0.513. The van der Waals surface area contributed by atoms with Gasteiger partial charge in [0, 0.05) is 24.2 Å². The maximum absolute atomic E-state index is 13.1. The summed E-state index contributed by atoms with van der Waals surface area (Å²) in [4.78, 5) is 14.5. The van der Waals surface area contributed by atoms with E-state index in [9.17, 15) is 9.90 Å². The predicted octanol–water partition coefficient (Wildman–Crippen LogP) is 9.25. The zero-order valence-electron chi connectivity index (χ0n) is 30.6. The zero-order valence-corrected chi connectivity index (χ0v) is 31.6. The van der Waals surface area contributed by atoms with Crippen LogP contribution in [0.25, 0.3) is 16.7 Å². The molecule has 0 atom stereocenters. The molecule has 8 nitrogen and oxygen atoms in total. The number of aromatic hydroxyl groups is 1. The third-order valence-electron chi connectivity index (χ3n) is 9.13. The van der Waals surface area contributed by atoms with Crippen LogP contribution in [0.15, 0.2) is 60.7 Å². The molecule has 48 heavy (non-hydrogen) atoms. The Kier molecular flexibility index (Phi) is 11.6. The van der Waals surface area contributed by atoms with Gasteiger partial charge < -0.3 is 18.7 Å². The van der Waals surface area contributed by atoms with Crippen molar-refractivity contribution in [3.8, 4) is 11.4 Å². The monoisotopic (exact) mass is 673 g/mol. The SMILES string of the molecule is CCO[Si](CC)(CCCOC(=O)c1ccc2nn(-c3cc(C(C)(C)CC(C)(C)C)cc(C(C)(C)c4ccccc4)c3O)nc2c1)OCC. The van der Waals surface area contributed by atoms with Crippen LogP contribution in [0.3, 0.4) is 0 Å². The molecule has 260 valence electrons. The maximum Gasteiger partial charge on any atom is 0.338 e. The van der Waals surface area contributed by atoms with Crippen molar-refractivity contribution in [1.29, 1.82) is 0 Å². The minimum absolute atomic E-state index is 0.0912. The van der Waals surface area contributed by atoms with Gasteiger partial charge in [-0.15, -0.1) is 15.0 Å². The summed E-state index contributed by atoms with van der Waals surface area (Å²) >= 11 is 0. The van der Waals surface area contributed by atoms with Crippen LogP contribution in [0.2, 0.25) is 12.1 Å². The molecule has 1 heterocycles. The van der Waals surface area contributed by atoms with Gasteiger partial charge >= 0.3 is 14.5 Å². The predicted molar refractivity (Wildman–Crippen MR) is 195 cm³/mol. The molecule has 0 aliphatic heterocycles. The third-order valence-corrected chi connectivity index (χ3v) is 13.0. The summed E-state index contributed by atoms with van der Waals surface area (Å²) in [5.41, 5.74) is 4.44. The number of hydrogen-bond donors (Lipinski definition) is 1. The average Bonchev–Trinajstić information content (AvgIpc) is 3.45. The van der Waals surface area contributed by atoms with Crippen molar-refractivity contribution in [2.45, 2.75) is 105 Å². The summed E-state index contributed by atoms with van der Waals surface area (Å²) in [7, 11) is -2.29. The summed E-state index contributed by atoms with van der Waals surface area (Å²) in [6.45, 7) is 23.1. The fourth-order valence-corrected chi connectivity index (χ4v) is 9.78. The summed E-state index contributed by atoms with van der Waals surface area (Å²) in [6.07, 6.45) is 1.61. The minimum Gasteiger partial charge on any atom is -0.505 e. The first-order valence-corrected chi connectivity index (χ1v) is 19.5. The molecule has 0 aliphatic carbocycles. The van der Waals surface area contributed by atoms with Gasteiger partial charge in [-0.1, -0.05) is 91.8 Å². The molecular weight excluding hydrogens is 619 g/mol. The van der Waals surface area contributed by atoms with Crippen LogP contribution in [-0.2, 0) is 24.4 Å². The molecule has 3 aromatic carbocycles. The molecular formula is C39H55N3O5Si. The normalized spacial score (nSPS) is 12.9. The number of rotatable bonds is 15. The van der Waals surface area contributed by atoms with Crippen molar-refractivity contribution in [3.63, 3.8) is 0 Å². The van der Waals surface area contributed by atoms with Crippen molar-refractivity contribution in [2.75, 3.05) is 19.8 Å². The third kappa shape index (κ3) is 8.54. The minimum atomic E-state index is -2.29. The summed E-state index contributed by atoms with van der Waals surface area (Å²) < 4.78 is 17.7. The van der Waals surface area contributed by atoms with Gasteiger partial charge in [-0.25, -0.2) is 4.79 Å². The van der Waals surface area contributed by atoms with Crippen LogP contribution in [-0.4, -0.2) is 54.5 Å². The van der Waals surface area contributed by atoms with Gasteiger partial charge in [0.25, 0.3) is 0 Å². The quantitative estimate of drug-likeness (QED) is 0.0764. The van der Waals surface area contributed by atoms with Crippen LogP contribution in [0.1, 0.15) is 109 Å². The lowest BCUT2D eigenvalue weighted by Crippen LogP contribution is -2.41. The highest BCUT2D eigenvalue weighted by atomic mass is 28.4. The summed E-state index contributed by atoms with van der Waals surface area (Å²) in [5, 5.41) is 21.4. The summed E-state index contributed by atoms with van der Waals surface area (Å²) in [5.74, 6) is -0.284. The lowest BCUT2D eigenvalue weighted by molar-refractivity contribution is 0.0500. The van der Waals surface area contributed by atoms with Crippen LogP contribution < -0.4 is 0 Å². The van der Waals surface area contributed by atoms with E-state index in [-0.39, 0.29) is 23.2 Å². The van der Waals surface area contributed by atoms with Crippen LogP contribution >= 0.6 is 0 Å². The molecule has 9 heteroatoms. The highest BCUT2D eigenvalue weighted by Gasteiger charge is 2.35. The van der Waals surface area contributed by atoms with E-state index in [0.29, 0.717) is 41.9 Å². The first kappa shape index (κ1) is 37.3. The van der Waals surface area contributed by atoms with Crippen LogP contribution in [0, 0.1) is 5.41 Å². The highest BCUT2D eigenvalue weighted by molar-refractivity contribution is 6.67. The van der Waals surface area contributed by atoms with Gasteiger partial charge in [-0.2, -0.15) is 0 Å². The number of ether oxygens (including phenoxy) is 1. The van der Waals surface area contributed by atoms with Gasteiger partial charge in [0.1, 0.15) is 22.5 Å². The van der Waals surface area contributed by atoms with Crippen LogP contribution in [0.5, 0.6) is 5.75 Å². The standard InChI is InChI=1S/C39H55N3O5Si/c1-11-46-48(13-3,47-12-2)23-17-22-45-36(44)28-20-21-32-33(24-28)41-42(40-32)34-26-30(38(7,8)27-37(4,5)6)25-31(35(34)43)39(9,10)29-18-15-14-16-19-29/h14-16,18-21,24-26,43H,11-13,17,22-23,27H2,1-10H3. The Bertz CT molecular complexity index is 1690. The first-order valence-electron chi connectivity index (χ1n) is 17.3. The van der Waals surface area contributed by atoms with Gasteiger partial charge in [0.2, 0.25) is 0 Å². The lowest BCUT2D eigenvalue weighted by atomic mass is 9.70. The van der Waals surface area contributed by atoms with E-state index in [4.69, 9.17) is 23.8 Å². The fourth-order valence-electron chi connectivity index (χ4n) is 6.91. The largest absolute Gasteiger partial charge is 0.505 e. The maximum atomic E-state index is 13.1. The van der Waals surface area contributed by atoms with Gasteiger partial charge in [0.05, 0.1) is 12.2 Å². The number of phenolic OH excluding ortho intramolecular Hbond substituents is 1. The molecule has 0 amide bonds. The lowest BCUT2D eigenvalue weighted by Gasteiger charge is -2.35. The number of esters is 1. The molecule has 4 rings (SSSR count). The first-order chi connectivity index (χ1) is 22.6. The molecule has 0 aliphatic rings. The van der Waals surface area contributed by atoms with Crippen molar-refractivity contribution in [3.05, 3.63) is 82.9 Å². The topological polar surface area (TPSA) is 95.7 Å². The number of fused-ring (bicyclic) bond motifs is 1. The van der Waals surface area contributed by atoms with Crippen molar-refractivity contribution < 1.29 is 23.5 Å². The number of benzene rings is 3. The van der Waals surface area contributed by atoms with E-state index in [2.05, 4.69) is 73.6 Å². The molecule has 0 unspecified atom stereocenters. The molecule has 0 saturated carbocycles. The molecule has 0 bridgehead atoms. The van der Waals surface area contributed by atoms with Crippen LogP contribution in [0.4, 0.5) is 0 Å². The molecule has 1 N–H and O–H groups in total.